The van der Waals surface area contributed by atoms with Crippen LogP contribution in [0.15, 0.2) is 6.20 Å². The summed E-state index contributed by atoms with van der Waals surface area (Å²) in [5.41, 5.74) is 2.26. The van der Waals surface area contributed by atoms with Crippen LogP contribution < -0.4 is 0 Å². The number of H-pyrrole nitrogens is 1. The fourth-order valence-electron chi connectivity index (χ4n) is 4.60. The summed E-state index contributed by atoms with van der Waals surface area (Å²) in [7, 11) is 1.94. The van der Waals surface area contributed by atoms with Crippen molar-refractivity contribution >= 4 is 0 Å². The lowest BCUT2D eigenvalue weighted by Crippen LogP contribution is -2.20. The molecule has 26 heavy (non-hydrogen) atoms. The molecule has 2 aromatic heterocycles. The lowest BCUT2D eigenvalue weighted by molar-refractivity contribution is 0.295. The van der Waals surface area contributed by atoms with E-state index in [4.69, 9.17) is 4.98 Å². The fraction of sp³-hybridized carbons (Fsp3) is 0.737. The maximum atomic E-state index is 13.7. The average molecular weight is 360 g/mol. The van der Waals surface area contributed by atoms with E-state index in [0.717, 1.165) is 37.0 Å². The van der Waals surface area contributed by atoms with Crippen molar-refractivity contribution in [3.05, 3.63) is 29.1 Å². The zero-order chi connectivity index (χ0) is 18.1. The van der Waals surface area contributed by atoms with Crippen LogP contribution in [0.3, 0.4) is 0 Å². The first kappa shape index (κ1) is 17.6. The van der Waals surface area contributed by atoms with Gasteiger partial charge in [0.1, 0.15) is 5.82 Å². The highest BCUT2D eigenvalue weighted by Crippen LogP contribution is 2.35. The van der Waals surface area contributed by atoms with Crippen molar-refractivity contribution < 1.29 is 4.39 Å². The molecule has 2 fully saturated rings. The van der Waals surface area contributed by atoms with Gasteiger partial charge >= 0.3 is 0 Å². The minimum atomic E-state index is -0.313. The summed E-state index contributed by atoms with van der Waals surface area (Å²) < 4.78 is 15.5. The van der Waals surface area contributed by atoms with Gasteiger partial charge in [-0.2, -0.15) is 10.2 Å². The number of halogens is 1. The number of alkyl halides is 1. The molecule has 1 aliphatic heterocycles. The highest BCUT2D eigenvalue weighted by Gasteiger charge is 2.36. The van der Waals surface area contributed by atoms with E-state index < -0.39 is 0 Å². The lowest BCUT2D eigenvalue weighted by Gasteiger charge is -2.18. The average Bonchev–Trinajstić information content (AvgIpc) is 3.35. The van der Waals surface area contributed by atoms with Crippen LogP contribution in [0.4, 0.5) is 4.39 Å². The number of aromatic nitrogens is 5. The number of rotatable bonds is 5. The van der Waals surface area contributed by atoms with Crippen LogP contribution in [0.1, 0.15) is 66.8 Å². The number of hydrogen-bond donors (Lipinski definition) is 1. The topological polar surface area (TPSA) is 62.6 Å². The van der Waals surface area contributed by atoms with Crippen molar-refractivity contribution in [2.75, 3.05) is 19.8 Å². The van der Waals surface area contributed by atoms with E-state index in [0.29, 0.717) is 5.92 Å². The van der Waals surface area contributed by atoms with Gasteiger partial charge in [-0.3, -0.25) is 19.1 Å². The predicted octanol–water partition coefficient (Wildman–Crippen LogP) is 3.08. The molecule has 1 saturated carbocycles. The molecule has 6 nitrogen and oxygen atoms in total. The number of aryl methyl sites for hydroxylation is 2. The molecule has 0 spiro atoms. The highest BCUT2D eigenvalue weighted by atomic mass is 19.1. The third-order valence-corrected chi connectivity index (χ3v) is 6.07. The first-order valence-electron chi connectivity index (χ1n) is 9.83. The van der Waals surface area contributed by atoms with E-state index in [1.165, 1.54) is 37.7 Å². The van der Waals surface area contributed by atoms with Gasteiger partial charge in [-0.15, -0.1) is 0 Å². The van der Waals surface area contributed by atoms with Gasteiger partial charge in [0.15, 0.2) is 5.82 Å². The summed E-state index contributed by atoms with van der Waals surface area (Å²) >= 11 is 0. The smallest absolute Gasteiger partial charge is 0.153 e. The van der Waals surface area contributed by atoms with Gasteiger partial charge in [-0.25, -0.2) is 4.98 Å². The quantitative estimate of drug-likeness (QED) is 0.890. The van der Waals surface area contributed by atoms with Crippen molar-refractivity contribution in [1.29, 1.82) is 0 Å². The monoisotopic (exact) mass is 360 g/mol. The van der Waals surface area contributed by atoms with E-state index in [1.807, 2.05) is 18.7 Å². The van der Waals surface area contributed by atoms with Crippen LogP contribution >= 0.6 is 0 Å². The summed E-state index contributed by atoms with van der Waals surface area (Å²) in [6, 6.07) is 0. The van der Waals surface area contributed by atoms with Crippen molar-refractivity contribution in [2.24, 2.45) is 13.0 Å². The molecule has 1 N–H and O–H groups in total. The molecule has 7 heteroatoms. The molecule has 2 aliphatic rings. The Morgan fingerprint density at radius 2 is 2.04 bits per heavy atom. The molecule has 2 atom stereocenters. The van der Waals surface area contributed by atoms with Gasteiger partial charge in [-0.1, -0.05) is 19.3 Å². The van der Waals surface area contributed by atoms with Crippen molar-refractivity contribution in [1.82, 2.24) is 29.9 Å². The zero-order valence-corrected chi connectivity index (χ0v) is 15.8. The maximum absolute atomic E-state index is 13.7. The normalized spacial score (nSPS) is 25.2. The second-order valence-electron chi connectivity index (χ2n) is 8.04. The predicted molar refractivity (Wildman–Crippen MR) is 97.6 cm³/mol. The second kappa shape index (κ2) is 7.47. The molecule has 0 amide bonds. The highest BCUT2D eigenvalue weighted by molar-refractivity contribution is 5.16. The number of nitrogens with one attached hydrogen (secondary N) is 1. The first-order valence-corrected chi connectivity index (χ1v) is 9.83. The van der Waals surface area contributed by atoms with Crippen molar-refractivity contribution in [3.8, 4) is 0 Å². The second-order valence-corrected chi connectivity index (χ2v) is 8.04. The summed E-state index contributed by atoms with van der Waals surface area (Å²) in [5.74, 6) is 2.38. The Bertz CT molecular complexity index is 732. The van der Waals surface area contributed by atoms with Crippen molar-refractivity contribution in [2.45, 2.75) is 57.4 Å². The molecule has 3 heterocycles. The Kier molecular flexibility index (Phi) is 5.07. The molecule has 0 aromatic carbocycles. The summed E-state index contributed by atoms with van der Waals surface area (Å²) in [4.78, 5) is 7.12. The van der Waals surface area contributed by atoms with Crippen LogP contribution in [-0.4, -0.2) is 49.6 Å². The Morgan fingerprint density at radius 1 is 1.23 bits per heavy atom. The van der Waals surface area contributed by atoms with Gasteiger partial charge in [-0.05, 0) is 19.8 Å². The zero-order valence-electron chi connectivity index (χ0n) is 15.8. The van der Waals surface area contributed by atoms with Crippen LogP contribution in [0, 0.1) is 12.8 Å². The molecular formula is C19H29FN6. The minimum Gasteiger partial charge on any atom is -0.298 e. The third kappa shape index (κ3) is 3.54. The van der Waals surface area contributed by atoms with E-state index in [9.17, 15) is 4.39 Å². The SMILES string of the molecule is Cc1nn(C)cc1CN1CC(CF)C(c2nc(C3CCCCC3)n[nH]2)C1. The Hall–Kier alpha value is -1.76. The minimum absolute atomic E-state index is 0.0147. The van der Waals surface area contributed by atoms with Crippen LogP contribution in [0.25, 0.3) is 0 Å². The van der Waals surface area contributed by atoms with Gasteiger partial charge in [0.2, 0.25) is 0 Å². The summed E-state index contributed by atoms with van der Waals surface area (Å²) in [6.45, 7) is 4.11. The maximum Gasteiger partial charge on any atom is 0.153 e. The molecule has 1 saturated heterocycles. The number of nitrogens with zero attached hydrogens (tertiary/aromatic N) is 5. The molecule has 142 valence electrons. The molecule has 0 radical (unpaired) electrons. The van der Waals surface area contributed by atoms with Crippen LogP contribution in [-0.2, 0) is 13.6 Å². The van der Waals surface area contributed by atoms with Gasteiger partial charge in [0.05, 0.1) is 12.4 Å². The first-order chi connectivity index (χ1) is 12.6. The van der Waals surface area contributed by atoms with E-state index in [-0.39, 0.29) is 18.5 Å². The standard InChI is InChI=1S/C19H29FN6/c1-13-16(9-25(2)24-13)11-26-10-15(8-20)17(12-26)19-21-18(22-23-19)14-6-4-3-5-7-14/h9,14-15,17H,3-8,10-12H2,1-2H3,(H,21,22,23). The number of hydrogen-bond acceptors (Lipinski definition) is 4. The van der Waals surface area contributed by atoms with Crippen LogP contribution in [0.5, 0.6) is 0 Å². The van der Waals surface area contributed by atoms with Gasteiger partial charge < -0.3 is 0 Å². The molecule has 2 aromatic rings. The Morgan fingerprint density at radius 3 is 2.73 bits per heavy atom. The van der Waals surface area contributed by atoms with Crippen LogP contribution in [0.2, 0.25) is 0 Å². The lowest BCUT2D eigenvalue weighted by atomic mass is 9.89. The Labute approximate surface area is 154 Å². The largest absolute Gasteiger partial charge is 0.298 e. The van der Waals surface area contributed by atoms with Gasteiger partial charge in [0.25, 0.3) is 0 Å². The molecular weight excluding hydrogens is 331 g/mol. The number of likely N-dealkylation sites (tertiary alicyclic amines) is 1. The van der Waals surface area contributed by atoms with E-state index >= 15 is 0 Å². The molecule has 0 bridgehead atoms. The summed E-state index contributed by atoms with van der Waals surface area (Å²) in [5, 5.41) is 12.0. The fourth-order valence-corrected chi connectivity index (χ4v) is 4.60. The Balaban J connectivity index is 1.45. The third-order valence-electron chi connectivity index (χ3n) is 6.07. The van der Waals surface area contributed by atoms with E-state index in [2.05, 4.69) is 26.4 Å². The van der Waals surface area contributed by atoms with Gasteiger partial charge in [0, 0.05) is 56.2 Å². The molecule has 1 aliphatic carbocycles. The van der Waals surface area contributed by atoms with E-state index in [1.54, 1.807) is 0 Å². The summed E-state index contributed by atoms with van der Waals surface area (Å²) in [6.07, 6.45) is 8.28. The molecule has 4 rings (SSSR count). The van der Waals surface area contributed by atoms with Crippen molar-refractivity contribution in [3.63, 3.8) is 0 Å². The molecule has 2 unspecified atom stereocenters. The number of aromatic amines is 1.